The maximum absolute atomic E-state index is 12.1. The molecule has 2 unspecified atom stereocenters. The average molecular weight is 251 g/mol. The normalized spacial score (nSPS) is 26.7. The van der Waals surface area contributed by atoms with Crippen LogP contribution in [0.3, 0.4) is 0 Å². The summed E-state index contributed by atoms with van der Waals surface area (Å²) in [5.74, 6) is 0.407. The molecule has 2 aliphatic rings. The van der Waals surface area contributed by atoms with Gasteiger partial charge in [0.05, 0.1) is 6.61 Å². The predicted octanol–water partition coefficient (Wildman–Crippen LogP) is 3.74. The van der Waals surface area contributed by atoms with Crippen LogP contribution in [0.5, 0.6) is 0 Å². The van der Waals surface area contributed by atoms with E-state index in [2.05, 4.69) is 27.7 Å². The van der Waals surface area contributed by atoms with Gasteiger partial charge in [-0.2, -0.15) is 0 Å². The summed E-state index contributed by atoms with van der Waals surface area (Å²) in [5.41, 5.74) is 2.98. The number of amides is 1. The SMILES string of the molecule is CC(C)=C1CC2CCC(C1)N2C(=O)OCC(C)C. The maximum atomic E-state index is 12.1. The zero-order valence-electron chi connectivity index (χ0n) is 12.0. The highest BCUT2D eigenvalue weighted by atomic mass is 16.6. The number of carbonyl (C=O) groups excluding carboxylic acids is 1. The molecule has 0 aromatic rings. The molecule has 0 aromatic heterocycles. The van der Waals surface area contributed by atoms with Crippen molar-refractivity contribution in [2.45, 2.75) is 65.5 Å². The Kier molecular flexibility index (Phi) is 3.98. The smallest absolute Gasteiger partial charge is 0.410 e. The van der Waals surface area contributed by atoms with E-state index in [-0.39, 0.29) is 6.09 Å². The van der Waals surface area contributed by atoms with Gasteiger partial charge >= 0.3 is 6.09 Å². The molecule has 0 aliphatic carbocycles. The zero-order chi connectivity index (χ0) is 13.3. The summed E-state index contributed by atoms with van der Waals surface area (Å²) in [6, 6.07) is 0.765. The Bertz CT molecular complexity index is 340. The second-order valence-electron chi connectivity index (χ2n) is 6.27. The first kappa shape index (κ1) is 13.4. The summed E-state index contributed by atoms with van der Waals surface area (Å²) in [6.07, 6.45) is 4.28. The molecule has 2 aliphatic heterocycles. The van der Waals surface area contributed by atoms with Gasteiger partial charge in [-0.3, -0.25) is 0 Å². The third-order valence-electron chi connectivity index (χ3n) is 4.04. The molecule has 1 amide bonds. The van der Waals surface area contributed by atoms with E-state index in [1.54, 1.807) is 5.57 Å². The van der Waals surface area contributed by atoms with Crippen molar-refractivity contribution in [1.82, 2.24) is 4.90 Å². The summed E-state index contributed by atoms with van der Waals surface area (Å²) in [6.45, 7) is 9.03. The molecule has 0 spiro atoms. The number of carbonyl (C=O) groups is 1. The third kappa shape index (κ3) is 2.70. The van der Waals surface area contributed by atoms with Crippen molar-refractivity contribution in [3.8, 4) is 0 Å². The molecule has 102 valence electrons. The highest BCUT2D eigenvalue weighted by Gasteiger charge is 2.42. The first-order chi connectivity index (χ1) is 8.49. The minimum Gasteiger partial charge on any atom is -0.449 e. The maximum Gasteiger partial charge on any atom is 0.410 e. The number of ether oxygens (including phenoxy) is 1. The molecule has 2 fully saturated rings. The molecule has 2 heterocycles. The van der Waals surface area contributed by atoms with Crippen LogP contribution in [0.15, 0.2) is 11.1 Å². The van der Waals surface area contributed by atoms with Crippen molar-refractivity contribution < 1.29 is 9.53 Å². The van der Waals surface area contributed by atoms with Gasteiger partial charge in [0.15, 0.2) is 0 Å². The Morgan fingerprint density at radius 3 is 2.28 bits per heavy atom. The van der Waals surface area contributed by atoms with Gasteiger partial charge in [0.2, 0.25) is 0 Å². The van der Waals surface area contributed by atoms with E-state index < -0.39 is 0 Å². The summed E-state index contributed by atoms with van der Waals surface area (Å²) >= 11 is 0. The summed E-state index contributed by atoms with van der Waals surface area (Å²) in [4.78, 5) is 14.1. The van der Waals surface area contributed by atoms with Gasteiger partial charge in [-0.25, -0.2) is 4.79 Å². The minimum atomic E-state index is -0.0935. The lowest BCUT2D eigenvalue weighted by Gasteiger charge is -2.36. The van der Waals surface area contributed by atoms with Gasteiger partial charge in [-0.05, 0) is 45.4 Å². The summed E-state index contributed by atoms with van der Waals surface area (Å²) in [7, 11) is 0. The number of rotatable bonds is 2. The fraction of sp³-hybridized carbons (Fsp3) is 0.800. The first-order valence-electron chi connectivity index (χ1n) is 7.09. The van der Waals surface area contributed by atoms with Crippen LogP contribution in [0.4, 0.5) is 4.79 Å². The lowest BCUT2D eigenvalue weighted by molar-refractivity contribution is 0.0690. The van der Waals surface area contributed by atoms with E-state index in [9.17, 15) is 4.79 Å². The van der Waals surface area contributed by atoms with E-state index in [0.717, 1.165) is 25.7 Å². The Labute approximate surface area is 110 Å². The molecular weight excluding hydrogens is 226 g/mol. The van der Waals surface area contributed by atoms with Crippen molar-refractivity contribution in [3.05, 3.63) is 11.1 Å². The molecular formula is C15H25NO2. The number of nitrogens with zero attached hydrogens (tertiary/aromatic N) is 1. The lowest BCUT2D eigenvalue weighted by atomic mass is 9.94. The van der Waals surface area contributed by atoms with Crippen molar-refractivity contribution in [2.75, 3.05) is 6.61 Å². The highest BCUT2D eigenvalue weighted by molar-refractivity contribution is 5.69. The molecule has 3 heteroatoms. The topological polar surface area (TPSA) is 29.5 Å². The third-order valence-corrected chi connectivity index (χ3v) is 4.04. The minimum absolute atomic E-state index is 0.0935. The van der Waals surface area contributed by atoms with Crippen LogP contribution in [0.2, 0.25) is 0 Å². The number of piperidine rings is 1. The van der Waals surface area contributed by atoms with Gasteiger partial charge < -0.3 is 9.64 Å². The molecule has 0 saturated carbocycles. The molecule has 2 saturated heterocycles. The van der Waals surface area contributed by atoms with Crippen LogP contribution in [0, 0.1) is 5.92 Å². The molecule has 2 atom stereocenters. The van der Waals surface area contributed by atoms with Gasteiger partial charge in [-0.1, -0.05) is 25.0 Å². The highest BCUT2D eigenvalue weighted by Crippen LogP contribution is 2.39. The number of allylic oxidation sites excluding steroid dienone is 1. The fourth-order valence-electron chi connectivity index (χ4n) is 3.03. The second kappa shape index (κ2) is 5.33. The molecule has 2 bridgehead atoms. The van der Waals surface area contributed by atoms with Crippen molar-refractivity contribution >= 4 is 6.09 Å². The Morgan fingerprint density at radius 2 is 1.83 bits per heavy atom. The van der Waals surface area contributed by atoms with Crippen LogP contribution in [0.1, 0.15) is 53.4 Å². The van der Waals surface area contributed by atoms with E-state index >= 15 is 0 Å². The van der Waals surface area contributed by atoms with Crippen LogP contribution in [-0.4, -0.2) is 29.7 Å². The number of hydrogen-bond donors (Lipinski definition) is 0. The molecule has 3 nitrogen and oxygen atoms in total. The van der Waals surface area contributed by atoms with Gasteiger partial charge in [-0.15, -0.1) is 0 Å². The Balaban J connectivity index is 2.00. The summed E-state index contributed by atoms with van der Waals surface area (Å²) in [5, 5.41) is 0. The summed E-state index contributed by atoms with van der Waals surface area (Å²) < 4.78 is 5.39. The monoisotopic (exact) mass is 251 g/mol. The molecule has 0 N–H and O–H groups in total. The zero-order valence-corrected chi connectivity index (χ0v) is 12.0. The van der Waals surface area contributed by atoms with Crippen molar-refractivity contribution in [1.29, 1.82) is 0 Å². The molecule has 18 heavy (non-hydrogen) atoms. The fourth-order valence-corrected chi connectivity index (χ4v) is 3.03. The largest absolute Gasteiger partial charge is 0.449 e. The van der Waals surface area contributed by atoms with E-state index in [0.29, 0.717) is 24.6 Å². The van der Waals surface area contributed by atoms with E-state index in [1.807, 2.05) is 4.90 Å². The lowest BCUT2D eigenvalue weighted by Crippen LogP contribution is -2.45. The standard InChI is InChI=1S/C15H25NO2/c1-10(2)9-18-15(17)16-13-5-6-14(16)8-12(7-13)11(3)4/h10,13-14H,5-9H2,1-4H3. The van der Waals surface area contributed by atoms with Crippen molar-refractivity contribution in [3.63, 3.8) is 0 Å². The van der Waals surface area contributed by atoms with Crippen LogP contribution >= 0.6 is 0 Å². The van der Waals surface area contributed by atoms with Crippen molar-refractivity contribution in [2.24, 2.45) is 5.92 Å². The molecule has 0 radical (unpaired) electrons. The average Bonchev–Trinajstić information content (AvgIpc) is 2.56. The Hall–Kier alpha value is -0.990. The second-order valence-corrected chi connectivity index (χ2v) is 6.27. The van der Waals surface area contributed by atoms with E-state index in [4.69, 9.17) is 4.74 Å². The number of fused-ring (bicyclic) bond motifs is 2. The number of hydrogen-bond acceptors (Lipinski definition) is 2. The van der Waals surface area contributed by atoms with E-state index in [1.165, 1.54) is 5.57 Å². The quantitative estimate of drug-likeness (QED) is 0.700. The van der Waals surface area contributed by atoms with Crippen LogP contribution < -0.4 is 0 Å². The van der Waals surface area contributed by atoms with Gasteiger partial charge in [0.1, 0.15) is 0 Å². The Morgan fingerprint density at radius 1 is 1.28 bits per heavy atom. The molecule has 0 aromatic carbocycles. The van der Waals surface area contributed by atoms with Crippen LogP contribution in [0.25, 0.3) is 0 Å². The predicted molar refractivity (Wildman–Crippen MR) is 72.4 cm³/mol. The van der Waals surface area contributed by atoms with Gasteiger partial charge in [0.25, 0.3) is 0 Å². The van der Waals surface area contributed by atoms with Crippen LogP contribution in [-0.2, 0) is 4.74 Å². The first-order valence-corrected chi connectivity index (χ1v) is 7.09. The molecule has 2 rings (SSSR count). The van der Waals surface area contributed by atoms with Gasteiger partial charge in [0, 0.05) is 12.1 Å².